The minimum atomic E-state index is -0.408. The molecule has 0 saturated carbocycles. The summed E-state index contributed by atoms with van der Waals surface area (Å²) >= 11 is 0. The van der Waals surface area contributed by atoms with Gasteiger partial charge in [0.15, 0.2) is 11.6 Å². The molecule has 0 aliphatic rings. The Labute approximate surface area is 123 Å². The van der Waals surface area contributed by atoms with E-state index in [2.05, 4.69) is 5.32 Å². The predicted molar refractivity (Wildman–Crippen MR) is 79.1 cm³/mol. The molecule has 0 spiro atoms. The quantitative estimate of drug-likeness (QED) is 0.867. The van der Waals surface area contributed by atoms with E-state index in [1.165, 1.54) is 18.2 Å². The van der Waals surface area contributed by atoms with Crippen molar-refractivity contribution in [3.05, 3.63) is 65.2 Å². The zero-order valence-electron chi connectivity index (χ0n) is 12.2. The fourth-order valence-electron chi connectivity index (χ4n) is 1.88. The van der Waals surface area contributed by atoms with Crippen LogP contribution < -0.4 is 10.1 Å². The standard InChI is InChI=1S/C17H19F2NO/c1-12(2)20-10-13-6-7-17(16(19)9-13)21-11-14-4-3-5-15(18)8-14/h3-9,12,20H,10-11H2,1-2H3. The number of ether oxygens (including phenoxy) is 1. The lowest BCUT2D eigenvalue weighted by Crippen LogP contribution is -2.21. The van der Waals surface area contributed by atoms with E-state index in [-0.39, 0.29) is 18.2 Å². The number of halogens is 2. The lowest BCUT2D eigenvalue weighted by atomic mass is 10.2. The molecule has 0 amide bonds. The Bertz CT molecular complexity index is 599. The molecule has 1 N–H and O–H groups in total. The molecule has 0 radical (unpaired) electrons. The van der Waals surface area contributed by atoms with Gasteiger partial charge in [-0.1, -0.05) is 32.0 Å². The summed E-state index contributed by atoms with van der Waals surface area (Å²) in [6.45, 7) is 4.82. The highest BCUT2D eigenvalue weighted by Gasteiger charge is 2.06. The fourth-order valence-corrected chi connectivity index (χ4v) is 1.88. The van der Waals surface area contributed by atoms with Gasteiger partial charge in [0.25, 0.3) is 0 Å². The van der Waals surface area contributed by atoms with E-state index in [0.29, 0.717) is 18.2 Å². The number of rotatable bonds is 6. The molecule has 0 aliphatic carbocycles. The van der Waals surface area contributed by atoms with Gasteiger partial charge in [0.05, 0.1) is 0 Å². The summed E-state index contributed by atoms with van der Waals surface area (Å²) in [5.74, 6) is -0.561. The third-order valence-electron chi connectivity index (χ3n) is 2.99. The van der Waals surface area contributed by atoms with E-state index >= 15 is 0 Å². The molecule has 0 saturated heterocycles. The molecule has 2 aromatic rings. The highest BCUT2D eigenvalue weighted by Crippen LogP contribution is 2.20. The van der Waals surface area contributed by atoms with E-state index in [9.17, 15) is 8.78 Å². The Morgan fingerprint density at radius 3 is 2.52 bits per heavy atom. The van der Waals surface area contributed by atoms with Crippen LogP contribution >= 0.6 is 0 Å². The summed E-state index contributed by atoms with van der Waals surface area (Å²) in [4.78, 5) is 0. The second-order valence-corrected chi connectivity index (χ2v) is 5.22. The van der Waals surface area contributed by atoms with Crippen LogP contribution in [0.15, 0.2) is 42.5 Å². The van der Waals surface area contributed by atoms with Gasteiger partial charge >= 0.3 is 0 Å². The van der Waals surface area contributed by atoms with Crippen LogP contribution in [0.3, 0.4) is 0 Å². The molecule has 0 aromatic heterocycles. The lowest BCUT2D eigenvalue weighted by Gasteiger charge is -2.11. The zero-order valence-corrected chi connectivity index (χ0v) is 12.2. The minimum absolute atomic E-state index is 0.137. The Balaban J connectivity index is 1.97. The normalized spacial score (nSPS) is 10.9. The van der Waals surface area contributed by atoms with E-state index in [1.54, 1.807) is 18.2 Å². The Morgan fingerprint density at radius 2 is 1.86 bits per heavy atom. The molecule has 0 aliphatic heterocycles. The smallest absolute Gasteiger partial charge is 0.165 e. The van der Waals surface area contributed by atoms with Crippen molar-refractivity contribution in [2.45, 2.75) is 33.0 Å². The van der Waals surface area contributed by atoms with Gasteiger partial charge in [-0.15, -0.1) is 0 Å². The molecule has 0 atom stereocenters. The topological polar surface area (TPSA) is 21.3 Å². The third kappa shape index (κ3) is 4.83. The molecular weight excluding hydrogens is 272 g/mol. The number of benzene rings is 2. The lowest BCUT2D eigenvalue weighted by molar-refractivity contribution is 0.289. The largest absolute Gasteiger partial charge is 0.486 e. The first-order valence-corrected chi connectivity index (χ1v) is 6.93. The van der Waals surface area contributed by atoms with Crippen LogP contribution in [0.5, 0.6) is 5.75 Å². The van der Waals surface area contributed by atoms with Gasteiger partial charge in [0, 0.05) is 12.6 Å². The van der Waals surface area contributed by atoms with Gasteiger partial charge in [-0.3, -0.25) is 0 Å². The summed E-state index contributed by atoms with van der Waals surface area (Å²) in [6.07, 6.45) is 0. The van der Waals surface area contributed by atoms with Crippen LogP contribution in [0.1, 0.15) is 25.0 Å². The summed E-state index contributed by atoms with van der Waals surface area (Å²) in [5, 5.41) is 3.22. The predicted octanol–water partition coefficient (Wildman–Crippen LogP) is 4.04. The maximum Gasteiger partial charge on any atom is 0.165 e. The molecule has 0 unspecified atom stereocenters. The average molecular weight is 291 g/mol. The molecule has 21 heavy (non-hydrogen) atoms. The van der Waals surface area contributed by atoms with Gasteiger partial charge in [0.1, 0.15) is 12.4 Å². The van der Waals surface area contributed by atoms with Crippen molar-refractivity contribution >= 4 is 0 Å². The van der Waals surface area contributed by atoms with E-state index in [4.69, 9.17) is 4.74 Å². The molecule has 2 nitrogen and oxygen atoms in total. The Morgan fingerprint density at radius 1 is 1.05 bits per heavy atom. The Hall–Kier alpha value is -1.94. The Kier molecular flexibility index (Phi) is 5.28. The van der Waals surface area contributed by atoms with E-state index < -0.39 is 5.82 Å². The van der Waals surface area contributed by atoms with Crippen molar-refractivity contribution in [3.8, 4) is 5.75 Å². The molecule has 112 valence electrons. The van der Waals surface area contributed by atoms with Crippen molar-refractivity contribution in [2.24, 2.45) is 0 Å². The molecule has 2 rings (SSSR count). The van der Waals surface area contributed by atoms with Gasteiger partial charge in [-0.05, 0) is 35.4 Å². The SMILES string of the molecule is CC(C)NCc1ccc(OCc2cccc(F)c2)c(F)c1. The maximum atomic E-state index is 13.9. The highest BCUT2D eigenvalue weighted by atomic mass is 19.1. The molecule has 4 heteroatoms. The second kappa shape index (κ2) is 7.18. The first-order valence-electron chi connectivity index (χ1n) is 6.93. The number of hydrogen-bond acceptors (Lipinski definition) is 2. The van der Waals surface area contributed by atoms with Crippen LogP contribution in [-0.2, 0) is 13.2 Å². The van der Waals surface area contributed by atoms with E-state index in [0.717, 1.165) is 5.56 Å². The van der Waals surface area contributed by atoms with Crippen LogP contribution in [0, 0.1) is 11.6 Å². The third-order valence-corrected chi connectivity index (χ3v) is 2.99. The first-order chi connectivity index (χ1) is 10.0. The highest BCUT2D eigenvalue weighted by molar-refractivity contribution is 5.29. The van der Waals surface area contributed by atoms with Crippen LogP contribution in [0.2, 0.25) is 0 Å². The zero-order chi connectivity index (χ0) is 15.2. The fraction of sp³-hybridized carbons (Fsp3) is 0.294. The van der Waals surface area contributed by atoms with Gasteiger partial charge in [-0.2, -0.15) is 0 Å². The van der Waals surface area contributed by atoms with Crippen LogP contribution in [0.4, 0.5) is 8.78 Å². The van der Waals surface area contributed by atoms with E-state index in [1.807, 2.05) is 19.9 Å². The van der Waals surface area contributed by atoms with Crippen LogP contribution in [0.25, 0.3) is 0 Å². The monoisotopic (exact) mass is 291 g/mol. The van der Waals surface area contributed by atoms with Gasteiger partial charge in [-0.25, -0.2) is 8.78 Å². The molecule has 2 aromatic carbocycles. The van der Waals surface area contributed by atoms with Crippen molar-refractivity contribution < 1.29 is 13.5 Å². The van der Waals surface area contributed by atoms with Gasteiger partial charge in [0.2, 0.25) is 0 Å². The summed E-state index contributed by atoms with van der Waals surface area (Å²) in [6, 6.07) is 11.3. The molecular formula is C17H19F2NO. The summed E-state index contributed by atoms with van der Waals surface area (Å²) < 4.78 is 32.4. The van der Waals surface area contributed by atoms with Crippen molar-refractivity contribution in [1.29, 1.82) is 0 Å². The average Bonchev–Trinajstić information content (AvgIpc) is 2.44. The summed E-state index contributed by atoms with van der Waals surface area (Å²) in [7, 11) is 0. The van der Waals surface area contributed by atoms with Crippen molar-refractivity contribution in [1.82, 2.24) is 5.32 Å². The molecule has 0 fully saturated rings. The van der Waals surface area contributed by atoms with Crippen molar-refractivity contribution in [3.63, 3.8) is 0 Å². The van der Waals surface area contributed by atoms with Gasteiger partial charge < -0.3 is 10.1 Å². The number of nitrogens with one attached hydrogen (secondary N) is 1. The minimum Gasteiger partial charge on any atom is -0.486 e. The second-order valence-electron chi connectivity index (χ2n) is 5.22. The first kappa shape index (κ1) is 15.4. The maximum absolute atomic E-state index is 13.9. The molecule has 0 heterocycles. The van der Waals surface area contributed by atoms with Crippen LogP contribution in [-0.4, -0.2) is 6.04 Å². The number of hydrogen-bond donors (Lipinski definition) is 1. The summed E-state index contributed by atoms with van der Waals surface area (Å²) in [5.41, 5.74) is 1.53. The molecule has 0 bridgehead atoms. The van der Waals surface area contributed by atoms with Crippen molar-refractivity contribution in [2.75, 3.05) is 0 Å².